The highest BCUT2D eigenvalue weighted by Crippen LogP contribution is 2.19. The first-order chi connectivity index (χ1) is 8.22. The lowest BCUT2D eigenvalue weighted by atomic mass is 10.1. The lowest BCUT2D eigenvalue weighted by molar-refractivity contribution is 0.787. The SMILES string of the molecule is C=CCCNc1nccn2nc(C(C)C)cc12. The van der Waals surface area contributed by atoms with E-state index in [4.69, 9.17) is 0 Å². The van der Waals surface area contributed by atoms with E-state index >= 15 is 0 Å². The molecule has 0 saturated heterocycles. The van der Waals surface area contributed by atoms with Crippen molar-refractivity contribution in [3.8, 4) is 0 Å². The predicted octanol–water partition coefficient (Wildman–Crippen LogP) is 2.84. The van der Waals surface area contributed by atoms with E-state index in [1.165, 1.54) is 0 Å². The molecule has 4 heteroatoms. The lowest BCUT2D eigenvalue weighted by Crippen LogP contribution is -2.04. The summed E-state index contributed by atoms with van der Waals surface area (Å²) in [5.41, 5.74) is 2.12. The number of anilines is 1. The number of hydrogen-bond donors (Lipinski definition) is 1. The van der Waals surface area contributed by atoms with Crippen molar-refractivity contribution in [2.75, 3.05) is 11.9 Å². The summed E-state index contributed by atoms with van der Waals surface area (Å²) >= 11 is 0. The summed E-state index contributed by atoms with van der Waals surface area (Å²) in [5.74, 6) is 1.31. The Morgan fingerprint density at radius 1 is 1.53 bits per heavy atom. The standard InChI is InChI=1S/C13H18N4/c1-4-5-6-14-13-12-9-11(10(2)3)16-17(12)8-7-15-13/h4,7-10H,1,5-6H2,2-3H3,(H,14,15). The maximum absolute atomic E-state index is 4.52. The number of aromatic nitrogens is 3. The van der Waals surface area contributed by atoms with Crippen molar-refractivity contribution in [1.29, 1.82) is 0 Å². The average molecular weight is 230 g/mol. The molecule has 0 fully saturated rings. The monoisotopic (exact) mass is 230 g/mol. The first-order valence-corrected chi connectivity index (χ1v) is 5.91. The molecule has 90 valence electrons. The zero-order valence-electron chi connectivity index (χ0n) is 10.3. The van der Waals surface area contributed by atoms with Crippen molar-refractivity contribution < 1.29 is 0 Å². The molecular weight excluding hydrogens is 212 g/mol. The van der Waals surface area contributed by atoms with Gasteiger partial charge in [0.2, 0.25) is 0 Å². The van der Waals surface area contributed by atoms with Gasteiger partial charge >= 0.3 is 0 Å². The molecule has 1 N–H and O–H groups in total. The Kier molecular flexibility index (Phi) is 3.42. The zero-order valence-corrected chi connectivity index (χ0v) is 10.3. The number of hydrogen-bond acceptors (Lipinski definition) is 3. The molecule has 17 heavy (non-hydrogen) atoms. The quantitative estimate of drug-likeness (QED) is 0.634. The highest BCUT2D eigenvalue weighted by atomic mass is 15.2. The van der Waals surface area contributed by atoms with Crippen molar-refractivity contribution in [2.24, 2.45) is 0 Å². The Morgan fingerprint density at radius 3 is 3.06 bits per heavy atom. The second-order valence-electron chi connectivity index (χ2n) is 4.33. The third-order valence-corrected chi connectivity index (χ3v) is 2.64. The zero-order chi connectivity index (χ0) is 12.3. The largest absolute Gasteiger partial charge is 0.368 e. The van der Waals surface area contributed by atoms with Crippen molar-refractivity contribution in [2.45, 2.75) is 26.2 Å². The summed E-state index contributed by atoms with van der Waals surface area (Å²) in [5, 5.41) is 7.82. The second-order valence-corrected chi connectivity index (χ2v) is 4.33. The van der Waals surface area contributed by atoms with Crippen LogP contribution >= 0.6 is 0 Å². The van der Waals surface area contributed by atoms with Gasteiger partial charge in [-0.3, -0.25) is 0 Å². The fourth-order valence-corrected chi connectivity index (χ4v) is 1.65. The molecule has 0 unspecified atom stereocenters. The van der Waals surface area contributed by atoms with Crippen LogP contribution in [0.15, 0.2) is 31.1 Å². The van der Waals surface area contributed by atoms with E-state index in [1.54, 1.807) is 6.20 Å². The van der Waals surface area contributed by atoms with E-state index in [0.29, 0.717) is 5.92 Å². The molecule has 0 aliphatic rings. The van der Waals surface area contributed by atoms with E-state index in [2.05, 4.69) is 41.9 Å². The summed E-state index contributed by atoms with van der Waals surface area (Å²) in [6.45, 7) is 8.83. The molecular formula is C13H18N4. The average Bonchev–Trinajstić information content (AvgIpc) is 2.74. The van der Waals surface area contributed by atoms with Crippen LogP contribution in [-0.4, -0.2) is 21.1 Å². The highest BCUT2D eigenvalue weighted by molar-refractivity contribution is 5.67. The fraction of sp³-hybridized carbons (Fsp3) is 0.385. The van der Waals surface area contributed by atoms with Gasteiger partial charge < -0.3 is 5.32 Å². The van der Waals surface area contributed by atoms with Crippen LogP contribution in [0.1, 0.15) is 31.9 Å². The van der Waals surface area contributed by atoms with Crippen LogP contribution in [0.25, 0.3) is 5.52 Å². The summed E-state index contributed by atoms with van der Waals surface area (Å²) < 4.78 is 1.87. The maximum Gasteiger partial charge on any atom is 0.152 e. The van der Waals surface area contributed by atoms with E-state index < -0.39 is 0 Å². The Bertz CT molecular complexity index is 513. The minimum absolute atomic E-state index is 0.427. The smallest absolute Gasteiger partial charge is 0.152 e. The van der Waals surface area contributed by atoms with E-state index in [9.17, 15) is 0 Å². The molecule has 0 atom stereocenters. The van der Waals surface area contributed by atoms with Crippen molar-refractivity contribution in [3.05, 3.63) is 36.8 Å². The molecule has 0 spiro atoms. The summed E-state index contributed by atoms with van der Waals surface area (Å²) in [6, 6.07) is 2.09. The molecule has 0 saturated carbocycles. The Balaban J connectivity index is 2.32. The van der Waals surface area contributed by atoms with Gasteiger partial charge in [0.15, 0.2) is 5.82 Å². The molecule has 2 rings (SSSR count). The van der Waals surface area contributed by atoms with Gasteiger partial charge in [-0.05, 0) is 18.4 Å². The number of nitrogens with one attached hydrogen (secondary N) is 1. The molecule has 2 aromatic rings. The maximum atomic E-state index is 4.52. The van der Waals surface area contributed by atoms with Crippen LogP contribution in [0.5, 0.6) is 0 Å². The fourth-order valence-electron chi connectivity index (χ4n) is 1.65. The highest BCUT2D eigenvalue weighted by Gasteiger charge is 2.08. The minimum Gasteiger partial charge on any atom is -0.368 e. The van der Waals surface area contributed by atoms with E-state index in [0.717, 1.165) is 30.0 Å². The third kappa shape index (κ3) is 2.46. The number of nitrogens with zero attached hydrogens (tertiary/aromatic N) is 3. The molecule has 0 bridgehead atoms. The minimum atomic E-state index is 0.427. The van der Waals surface area contributed by atoms with Crippen molar-refractivity contribution in [3.63, 3.8) is 0 Å². The second kappa shape index (κ2) is 4.99. The molecule has 0 amide bonds. The van der Waals surface area contributed by atoms with Gasteiger partial charge in [0.05, 0.1) is 5.69 Å². The summed E-state index contributed by atoms with van der Waals surface area (Å²) in [4.78, 5) is 4.35. The summed E-state index contributed by atoms with van der Waals surface area (Å²) in [6.07, 6.45) is 6.46. The van der Waals surface area contributed by atoms with Gasteiger partial charge in [-0.2, -0.15) is 5.10 Å². The van der Waals surface area contributed by atoms with Crippen LogP contribution < -0.4 is 5.32 Å². The molecule has 2 aromatic heterocycles. The topological polar surface area (TPSA) is 42.2 Å². The van der Waals surface area contributed by atoms with Crippen molar-refractivity contribution >= 4 is 11.3 Å². The van der Waals surface area contributed by atoms with E-state index in [-0.39, 0.29) is 0 Å². The Labute approximate surface area is 101 Å². The van der Waals surface area contributed by atoms with Gasteiger partial charge in [-0.15, -0.1) is 6.58 Å². The van der Waals surface area contributed by atoms with Crippen LogP contribution in [0.3, 0.4) is 0 Å². The molecule has 0 aliphatic heterocycles. The molecule has 0 aliphatic carbocycles. The molecule has 2 heterocycles. The van der Waals surface area contributed by atoms with Gasteiger partial charge in [-0.25, -0.2) is 9.50 Å². The van der Waals surface area contributed by atoms with Crippen molar-refractivity contribution in [1.82, 2.24) is 14.6 Å². The van der Waals surface area contributed by atoms with Gasteiger partial charge in [0, 0.05) is 18.9 Å². The first-order valence-electron chi connectivity index (χ1n) is 5.91. The number of fused-ring (bicyclic) bond motifs is 1. The third-order valence-electron chi connectivity index (χ3n) is 2.64. The summed E-state index contributed by atoms with van der Waals surface area (Å²) in [7, 11) is 0. The number of rotatable bonds is 5. The first kappa shape index (κ1) is 11.6. The van der Waals surface area contributed by atoms with Crippen LogP contribution in [0, 0.1) is 0 Å². The molecule has 0 aromatic carbocycles. The van der Waals surface area contributed by atoms with Crippen LogP contribution in [-0.2, 0) is 0 Å². The van der Waals surface area contributed by atoms with E-state index in [1.807, 2.05) is 16.8 Å². The Hall–Kier alpha value is -1.84. The van der Waals surface area contributed by atoms with Gasteiger partial charge in [0.25, 0.3) is 0 Å². The van der Waals surface area contributed by atoms with Gasteiger partial charge in [0.1, 0.15) is 5.52 Å². The predicted molar refractivity (Wildman–Crippen MR) is 70.4 cm³/mol. The Morgan fingerprint density at radius 2 is 2.35 bits per heavy atom. The van der Waals surface area contributed by atoms with Gasteiger partial charge in [-0.1, -0.05) is 19.9 Å². The molecule has 0 radical (unpaired) electrons. The lowest BCUT2D eigenvalue weighted by Gasteiger charge is -2.04. The normalized spacial score (nSPS) is 11.0. The van der Waals surface area contributed by atoms with Crippen LogP contribution in [0.2, 0.25) is 0 Å². The van der Waals surface area contributed by atoms with Crippen LogP contribution in [0.4, 0.5) is 5.82 Å². The molecule has 4 nitrogen and oxygen atoms in total.